The smallest absolute Gasteiger partial charge is 0.155 e. The van der Waals surface area contributed by atoms with Crippen LogP contribution in [0.5, 0.6) is 0 Å². The lowest BCUT2D eigenvalue weighted by Gasteiger charge is -2.33. The molecule has 0 saturated heterocycles. The van der Waals surface area contributed by atoms with Crippen LogP contribution in [0.15, 0.2) is 0 Å². The van der Waals surface area contributed by atoms with E-state index in [1.54, 1.807) is 0 Å². The number of rotatable bonds is 6. The summed E-state index contributed by atoms with van der Waals surface area (Å²) in [4.78, 5) is 0. The second kappa shape index (κ2) is 7.29. The fourth-order valence-corrected chi connectivity index (χ4v) is 2.72. The van der Waals surface area contributed by atoms with E-state index in [4.69, 9.17) is 9.47 Å². The van der Waals surface area contributed by atoms with E-state index in [9.17, 15) is 0 Å². The van der Waals surface area contributed by atoms with Gasteiger partial charge in [-0.2, -0.15) is 0 Å². The first kappa shape index (κ1) is 14.0. The van der Waals surface area contributed by atoms with Crippen molar-refractivity contribution in [1.82, 2.24) is 0 Å². The molecule has 0 aromatic heterocycles. The van der Waals surface area contributed by atoms with Crippen molar-refractivity contribution in [2.45, 2.75) is 72.2 Å². The van der Waals surface area contributed by atoms with Gasteiger partial charge < -0.3 is 9.47 Å². The highest BCUT2D eigenvalue weighted by Gasteiger charge is 2.26. The van der Waals surface area contributed by atoms with Crippen LogP contribution in [0.25, 0.3) is 0 Å². The summed E-state index contributed by atoms with van der Waals surface area (Å²) in [6.07, 6.45) is 6.86. The first-order chi connectivity index (χ1) is 7.67. The third-order valence-electron chi connectivity index (χ3n) is 3.76. The fourth-order valence-electron chi connectivity index (χ4n) is 2.72. The monoisotopic (exact) mass is 228 g/mol. The lowest BCUT2D eigenvalue weighted by Crippen LogP contribution is -2.31. The average Bonchev–Trinajstić information content (AvgIpc) is 2.27. The normalized spacial score (nSPS) is 30.0. The van der Waals surface area contributed by atoms with Gasteiger partial charge in [0, 0.05) is 6.61 Å². The van der Waals surface area contributed by atoms with Crippen molar-refractivity contribution in [3.8, 4) is 0 Å². The Balaban J connectivity index is 2.35. The first-order valence-corrected chi connectivity index (χ1v) is 6.94. The molecule has 1 rings (SSSR count). The Bertz CT molecular complexity index is 174. The van der Waals surface area contributed by atoms with E-state index in [0.717, 1.165) is 24.9 Å². The summed E-state index contributed by atoms with van der Waals surface area (Å²) < 4.78 is 11.5. The zero-order chi connectivity index (χ0) is 12.0. The summed E-state index contributed by atoms with van der Waals surface area (Å²) in [5, 5.41) is 0. The Morgan fingerprint density at radius 3 is 2.25 bits per heavy atom. The van der Waals surface area contributed by atoms with E-state index >= 15 is 0 Å². The highest BCUT2D eigenvalue weighted by Crippen LogP contribution is 2.33. The van der Waals surface area contributed by atoms with Gasteiger partial charge in [-0.15, -0.1) is 0 Å². The third kappa shape index (κ3) is 4.42. The molecule has 1 saturated carbocycles. The van der Waals surface area contributed by atoms with Crippen LogP contribution in [0.2, 0.25) is 0 Å². The Morgan fingerprint density at radius 1 is 1.12 bits per heavy atom. The van der Waals surface area contributed by atoms with Crippen LogP contribution in [0.4, 0.5) is 0 Å². The Hall–Kier alpha value is -0.0800. The molecule has 0 bridgehead atoms. The summed E-state index contributed by atoms with van der Waals surface area (Å²) in [5.74, 6) is 1.67. The molecule has 2 nitrogen and oxygen atoms in total. The summed E-state index contributed by atoms with van der Waals surface area (Å²) in [7, 11) is 0. The standard InChI is InChI=1S/C14H28O2/c1-5-14(16-12(4)15-6-2)13-9-7-11(3)8-10-13/h11-14H,5-10H2,1-4H3. The SMILES string of the molecule is CCOC(C)OC(CC)C1CCC(C)CC1. The van der Waals surface area contributed by atoms with Gasteiger partial charge in [0.1, 0.15) is 0 Å². The molecule has 0 aliphatic heterocycles. The van der Waals surface area contributed by atoms with Crippen LogP contribution in [-0.4, -0.2) is 19.0 Å². The van der Waals surface area contributed by atoms with Crippen molar-refractivity contribution < 1.29 is 9.47 Å². The highest BCUT2D eigenvalue weighted by molar-refractivity contribution is 4.76. The minimum atomic E-state index is -0.0469. The molecular weight excluding hydrogens is 200 g/mol. The molecule has 2 heteroatoms. The van der Waals surface area contributed by atoms with Gasteiger partial charge >= 0.3 is 0 Å². The average molecular weight is 228 g/mol. The van der Waals surface area contributed by atoms with Crippen LogP contribution in [0.3, 0.4) is 0 Å². The molecule has 1 fully saturated rings. The van der Waals surface area contributed by atoms with Crippen molar-refractivity contribution in [3.05, 3.63) is 0 Å². The first-order valence-electron chi connectivity index (χ1n) is 6.94. The van der Waals surface area contributed by atoms with Crippen LogP contribution in [0, 0.1) is 11.8 Å². The Kier molecular flexibility index (Phi) is 6.37. The summed E-state index contributed by atoms with van der Waals surface area (Å²) in [6, 6.07) is 0. The van der Waals surface area contributed by atoms with Gasteiger partial charge in [-0.3, -0.25) is 0 Å². The van der Waals surface area contributed by atoms with Gasteiger partial charge in [-0.1, -0.05) is 26.7 Å². The van der Waals surface area contributed by atoms with Gasteiger partial charge in [-0.25, -0.2) is 0 Å². The second-order valence-corrected chi connectivity index (χ2v) is 5.13. The van der Waals surface area contributed by atoms with Crippen molar-refractivity contribution in [2.24, 2.45) is 11.8 Å². The minimum absolute atomic E-state index is 0.0469. The largest absolute Gasteiger partial charge is 0.353 e. The molecule has 0 N–H and O–H groups in total. The predicted octanol–water partition coefficient (Wildman–Crippen LogP) is 3.99. The van der Waals surface area contributed by atoms with Crippen molar-refractivity contribution in [3.63, 3.8) is 0 Å². The maximum Gasteiger partial charge on any atom is 0.155 e. The molecule has 2 atom stereocenters. The van der Waals surface area contributed by atoms with Crippen LogP contribution in [0.1, 0.15) is 59.8 Å². The van der Waals surface area contributed by atoms with E-state index < -0.39 is 0 Å². The van der Waals surface area contributed by atoms with E-state index in [0.29, 0.717) is 6.10 Å². The molecule has 0 spiro atoms. The molecule has 16 heavy (non-hydrogen) atoms. The molecule has 0 amide bonds. The van der Waals surface area contributed by atoms with Crippen LogP contribution in [-0.2, 0) is 9.47 Å². The quantitative estimate of drug-likeness (QED) is 0.640. The number of ether oxygens (including phenoxy) is 2. The summed E-state index contributed by atoms with van der Waals surface area (Å²) >= 11 is 0. The minimum Gasteiger partial charge on any atom is -0.353 e. The maximum absolute atomic E-state index is 5.99. The molecular formula is C14H28O2. The molecule has 0 aromatic carbocycles. The summed E-state index contributed by atoms with van der Waals surface area (Å²) in [6.45, 7) is 9.35. The predicted molar refractivity (Wildman–Crippen MR) is 67.4 cm³/mol. The molecule has 2 unspecified atom stereocenters. The second-order valence-electron chi connectivity index (χ2n) is 5.13. The fraction of sp³-hybridized carbons (Fsp3) is 1.00. The highest BCUT2D eigenvalue weighted by atomic mass is 16.7. The molecule has 0 radical (unpaired) electrons. The molecule has 0 heterocycles. The van der Waals surface area contributed by atoms with E-state index in [1.807, 2.05) is 13.8 Å². The molecule has 96 valence electrons. The third-order valence-corrected chi connectivity index (χ3v) is 3.76. The number of hydrogen-bond donors (Lipinski definition) is 0. The Morgan fingerprint density at radius 2 is 1.75 bits per heavy atom. The molecule has 1 aliphatic carbocycles. The van der Waals surface area contributed by atoms with E-state index in [2.05, 4.69) is 13.8 Å². The zero-order valence-corrected chi connectivity index (χ0v) is 11.4. The van der Waals surface area contributed by atoms with Gasteiger partial charge in [0.25, 0.3) is 0 Å². The summed E-state index contributed by atoms with van der Waals surface area (Å²) in [5.41, 5.74) is 0. The van der Waals surface area contributed by atoms with Gasteiger partial charge in [0.2, 0.25) is 0 Å². The number of hydrogen-bond acceptors (Lipinski definition) is 2. The van der Waals surface area contributed by atoms with Crippen molar-refractivity contribution >= 4 is 0 Å². The van der Waals surface area contributed by atoms with Gasteiger partial charge in [0.05, 0.1) is 6.10 Å². The van der Waals surface area contributed by atoms with Crippen molar-refractivity contribution in [2.75, 3.05) is 6.61 Å². The van der Waals surface area contributed by atoms with E-state index in [1.165, 1.54) is 25.7 Å². The zero-order valence-electron chi connectivity index (χ0n) is 11.4. The lowest BCUT2D eigenvalue weighted by molar-refractivity contribution is -0.173. The Labute approximate surface area is 101 Å². The topological polar surface area (TPSA) is 18.5 Å². The molecule has 1 aliphatic rings. The van der Waals surface area contributed by atoms with Crippen LogP contribution >= 0.6 is 0 Å². The molecule has 0 aromatic rings. The van der Waals surface area contributed by atoms with E-state index in [-0.39, 0.29) is 6.29 Å². The van der Waals surface area contributed by atoms with Gasteiger partial charge in [0.15, 0.2) is 6.29 Å². The lowest BCUT2D eigenvalue weighted by atomic mass is 9.79. The van der Waals surface area contributed by atoms with Crippen molar-refractivity contribution in [1.29, 1.82) is 0 Å². The van der Waals surface area contributed by atoms with Gasteiger partial charge in [-0.05, 0) is 44.9 Å². The maximum atomic E-state index is 5.99. The van der Waals surface area contributed by atoms with Crippen LogP contribution < -0.4 is 0 Å².